The van der Waals surface area contributed by atoms with Gasteiger partial charge in [0.2, 0.25) is 5.12 Å². The fourth-order valence-electron chi connectivity index (χ4n) is 1.24. The molecule has 0 aliphatic rings. The highest BCUT2D eigenvalue weighted by atomic mass is 32.2. The standard InChI is InChI=1S/C11H10N2OS/c1-2-5-10(14)15-11-12-8-6-3-4-7-9(8)13-11/h2-7H,1H3,(H,12,13)/b5-2+. The van der Waals surface area contributed by atoms with Crippen LogP contribution in [0.2, 0.25) is 0 Å². The maximum absolute atomic E-state index is 11.3. The van der Waals surface area contributed by atoms with E-state index in [0.717, 1.165) is 22.8 Å². The van der Waals surface area contributed by atoms with Gasteiger partial charge in [0, 0.05) is 0 Å². The summed E-state index contributed by atoms with van der Waals surface area (Å²) in [5.74, 6) is 0. The number of nitrogens with one attached hydrogen (secondary N) is 1. The molecule has 1 N–H and O–H groups in total. The quantitative estimate of drug-likeness (QED) is 0.622. The predicted octanol–water partition coefficient (Wildman–Crippen LogP) is 2.76. The number of hydrogen-bond acceptors (Lipinski definition) is 3. The lowest BCUT2D eigenvalue weighted by Gasteiger charge is -1.88. The Hall–Kier alpha value is -1.55. The van der Waals surface area contributed by atoms with Gasteiger partial charge in [0.25, 0.3) is 0 Å². The van der Waals surface area contributed by atoms with E-state index in [4.69, 9.17) is 0 Å². The average Bonchev–Trinajstić information content (AvgIpc) is 2.59. The third-order valence-corrected chi connectivity index (χ3v) is 2.59. The molecule has 0 amide bonds. The van der Waals surface area contributed by atoms with Crippen molar-refractivity contribution in [3.8, 4) is 0 Å². The van der Waals surface area contributed by atoms with Gasteiger partial charge in [-0.2, -0.15) is 0 Å². The number of fused-ring (bicyclic) bond motifs is 1. The third-order valence-electron chi connectivity index (χ3n) is 1.87. The highest BCUT2D eigenvalue weighted by molar-refractivity contribution is 8.13. The number of aromatic nitrogens is 2. The number of allylic oxidation sites excluding steroid dienone is 1. The summed E-state index contributed by atoms with van der Waals surface area (Å²) in [6, 6.07) is 7.71. The number of H-pyrrole nitrogens is 1. The molecule has 0 fully saturated rings. The molecular weight excluding hydrogens is 208 g/mol. The highest BCUT2D eigenvalue weighted by Gasteiger charge is 2.05. The SMILES string of the molecule is C/C=C/C(=O)Sc1nc2ccccc2[nH]1. The second-order valence-electron chi connectivity index (χ2n) is 2.98. The lowest BCUT2D eigenvalue weighted by Crippen LogP contribution is -1.85. The number of carbonyl (C=O) groups excluding carboxylic acids is 1. The van der Waals surface area contributed by atoms with E-state index in [1.54, 1.807) is 6.08 Å². The van der Waals surface area contributed by atoms with Gasteiger partial charge in [0.05, 0.1) is 11.0 Å². The lowest BCUT2D eigenvalue weighted by molar-refractivity contribution is -0.107. The van der Waals surface area contributed by atoms with Crippen LogP contribution in [0.3, 0.4) is 0 Å². The van der Waals surface area contributed by atoms with E-state index in [-0.39, 0.29) is 5.12 Å². The summed E-state index contributed by atoms with van der Waals surface area (Å²) in [6.45, 7) is 1.82. The largest absolute Gasteiger partial charge is 0.333 e. The summed E-state index contributed by atoms with van der Waals surface area (Å²) < 4.78 is 0. The maximum Gasteiger partial charge on any atom is 0.219 e. The molecule has 1 aromatic carbocycles. The molecule has 1 aromatic heterocycles. The highest BCUT2D eigenvalue weighted by Crippen LogP contribution is 2.19. The molecule has 2 aromatic rings. The van der Waals surface area contributed by atoms with Gasteiger partial charge >= 0.3 is 0 Å². The Balaban J connectivity index is 2.26. The normalized spacial score (nSPS) is 11.3. The Morgan fingerprint density at radius 3 is 3.00 bits per heavy atom. The maximum atomic E-state index is 11.3. The summed E-state index contributed by atoms with van der Waals surface area (Å²) in [6.07, 6.45) is 3.25. The van der Waals surface area contributed by atoms with Crippen molar-refractivity contribution in [3.63, 3.8) is 0 Å². The molecule has 0 bridgehead atoms. The average molecular weight is 218 g/mol. The Kier molecular flexibility index (Phi) is 2.87. The zero-order valence-corrected chi connectivity index (χ0v) is 9.04. The van der Waals surface area contributed by atoms with Crippen molar-refractivity contribution in [1.29, 1.82) is 0 Å². The fraction of sp³-hybridized carbons (Fsp3) is 0.0909. The second-order valence-corrected chi connectivity index (χ2v) is 3.97. The summed E-state index contributed by atoms with van der Waals surface area (Å²) >= 11 is 1.10. The van der Waals surface area contributed by atoms with E-state index in [9.17, 15) is 4.79 Å². The molecule has 0 unspecified atom stereocenters. The van der Waals surface area contributed by atoms with Crippen molar-refractivity contribution in [1.82, 2.24) is 9.97 Å². The number of aromatic amines is 1. The minimum Gasteiger partial charge on any atom is -0.333 e. The Bertz CT molecular complexity index is 483. The number of nitrogens with zero attached hydrogens (tertiary/aromatic N) is 1. The van der Waals surface area contributed by atoms with E-state index in [1.807, 2.05) is 31.2 Å². The van der Waals surface area contributed by atoms with Crippen LogP contribution in [0.25, 0.3) is 11.0 Å². The minimum absolute atomic E-state index is 0.0171. The molecule has 0 aliphatic carbocycles. The molecule has 0 atom stereocenters. The van der Waals surface area contributed by atoms with E-state index in [2.05, 4.69) is 9.97 Å². The van der Waals surface area contributed by atoms with Gasteiger partial charge in [-0.3, -0.25) is 4.79 Å². The first-order chi connectivity index (χ1) is 7.29. The smallest absolute Gasteiger partial charge is 0.219 e. The van der Waals surface area contributed by atoms with Crippen molar-refractivity contribution in [3.05, 3.63) is 36.4 Å². The third kappa shape index (κ3) is 2.27. The van der Waals surface area contributed by atoms with Crippen LogP contribution in [-0.4, -0.2) is 15.1 Å². The van der Waals surface area contributed by atoms with Crippen LogP contribution in [0.5, 0.6) is 0 Å². The second kappa shape index (κ2) is 4.31. The van der Waals surface area contributed by atoms with Crippen LogP contribution >= 0.6 is 11.8 Å². The Morgan fingerprint density at radius 2 is 2.27 bits per heavy atom. The van der Waals surface area contributed by atoms with Crippen molar-refractivity contribution in [2.75, 3.05) is 0 Å². The topological polar surface area (TPSA) is 45.8 Å². The van der Waals surface area contributed by atoms with Crippen LogP contribution in [0.4, 0.5) is 0 Å². The monoisotopic (exact) mass is 218 g/mol. The number of rotatable bonds is 2. The number of imidazole rings is 1. The van der Waals surface area contributed by atoms with Crippen molar-refractivity contribution in [2.24, 2.45) is 0 Å². The molecule has 15 heavy (non-hydrogen) atoms. The van der Waals surface area contributed by atoms with Gasteiger partial charge in [0.15, 0.2) is 5.16 Å². The van der Waals surface area contributed by atoms with Gasteiger partial charge in [-0.05, 0) is 36.9 Å². The van der Waals surface area contributed by atoms with E-state index < -0.39 is 0 Å². The summed E-state index contributed by atoms with van der Waals surface area (Å²) in [5, 5.41) is 0.621. The van der Waals surface area contributed by atoms with E-state index in [0.29, 0.717) is 5.16 Å². The Labute approximate surface area is 91.6 Å². The molecule has 3 nitrogen and oxygen atoms in total. The van der Waals surface area contributed by atoms with Crippen molar-refractivity contribution in [2.45, 2.75) is 12.1 Å². The lowest BCUT2D eigenvalue weighted by atomic mass is 10.3. The minimum atomic E-state index is -0.0171. The molecule has 0 saturated heterocycles. The molecular formula is C11H10N2OS. The van der Waals surface area contributed by atoms with Crippen molar-refractivity contribution < 1.29 is 4.79 Å². The van der Waals surface area contributed by atoms with Gasteiger partial charge in [-0.25, -0.2) is 4.98 Å². The molecule has 0 radical (unpaired) electrons. The van der Waals surface area contributed by atoms with E-state index in [1.165, 1.54) is 6.08 Å². The molecule has 0 spiro atoms. The summed E-state index contributed by atoms with van der Waals surface area (Å²) in [4.78, 5) is 18.7. The molecule has 1 heterocycles. The van der Waals surface area contributed by atoms with Gasteiger partial charge in [-0.1, -0.05) is 18.2 Å². The van der Waals surface area contributed by atoms with Gasteiger partial charge < -0.3 is 4.98 Å². The fourth-order valence-corrected chi connectivity index (χ4v) is 1.94. The first-order valence-electron chi connectivity index (χ1n) is 4.59. The number of para-hydroxylation sites is 2. The predicted molar refractivity (Wildman–Crippen MR) is 61.8 cm³/mol. The van der Waals surface area contributed by atoms with Crippen LogP contribution in [0.15, 0.2) is 41.6 Å². The van der Waals surface area contributed by atoms with Crippen LogP contribution in [0, 0.1) is 0 Å². The Morgan fingerprint density at radius 1 is 1.47 bits per heavy atom. The molecule has 76 valence electrons. The van der Waals surface area contributed by atoms with Crippen LogP contribution < -0.4 is 0 Å². The van der Waals surface area contributed by atoms with Gasteiger partial charge in [0.1, 0.15) is 0 Å². The number of benzene rings is 1. The summed E-state index contributed by atoms with van der Waals surface area (Å²) in [5.41, 5.74) is 1.83. The molecule has 4 heteroatoms. The number of thioether (sulfide) groups is 1. The zero-order chi connectivity index (χ0) is 10.7. The molecule has 0 saturated carbocycles. The number of carbonyl (C=O) groups is 1. The van der Waals surface area contributed by atoms with Gasteiger partial charge in [-0.15, -0.1) is 0 Å². The zero-order valence-electron chi connectivity index (χ0n) is 8.23. The van der Waals surface area contributed by atoms with Crippen LogP contribution in [-0.2, 0) is 4.79 Å². The van der Waals surface area contributed by atoms with Crippen LogP contribution in [0.1, 0.15) is 6.92 Å². The first kappa shape index (κ1) is 9.98. The first-order valence-corrected chi connectivity index (χ1v) is 5.40. The molecule has 0 aliphatic heterocycles. The van der Waals surface area contributed by atoms with Crippen molar-refractivity contribution >= 4 is 27.9 Å². The number of hydrogen-bond donors (Lipinski definition) is 1. The molecule has 2 rings (SSSR count). The van der Waals surface area contributed by atoms with E-state index >= 15 is 0 Å². The summed E-state index contributed by atoms with van der Waals surface area (Å²) in [7, 11) is 0.